The Morgan fingerprint density at radius 3 is 1.75 bits per heavy atom. The number of rotatable bonds is 1. The van der Waals surface area contributed by atoms with Gasteiger partial charge in [-0.25, -0.2) is 0 Å². The fourth-order valence-electron chi connectivity index (χ4n) is 1.19. The second-order valence-corrected chi connectivity index (χ2v) is 4.04. The molecule has 0 aromatic carbocycles. The third kappa shape index (κ3) is 10.2. The first-order valence-corrected chi connectivity index (χ1v) is 5.77. The Morgan fingerprint density at radius 1 is 1.25 bits per heavy atom. The van der Waals surface area contributed by atoms with Crippen molar-refractivity contribution in [3.63, 3.8) is 0 Å². The molecule has 0 aromatic rings. The second kappa shape index (κ2) is 5.80. The molecule has 0 bridgehead atoms. The van der Waals surface area contributed by atoms with Crippen LogP contribution in [0.2, 0.25) is 0 Å². The standard InChI is InChI=1S/C6H12S.H2O4S/c7-5-6-3-1-2-4-6;1-5(2,3)4/h6-7H,1-5H2;(H2,1,2,3,4). The zero-order valence-corrected chi connectivity index (χ0v) is 8.39. The molecule has 0 heterocycles. The zero-order valence-electron chi connectivity index (χ0n) is 6.68. The van der Waals surface area contributed by atoms with Crippen molar-refractivity contribution in [2.24, 2.45) is 5.92 Å². The highest BCUT2D eigenvalue weighted by molar-refractivity contribution is 7.80. The Morgan fingerprint density at radius 2 is 1.58 bits per heavy atom. The summed E-state index contributed by atoms with van der Waals surface area (Å²) in [6.07, 6.45) is 5.77. The molecule has 12 heavy (non-hydrogen) atoms. The van der Waals surface area contributed by atoms with Crippen LogP contribution in [0.15, 0.2) is 0 Å². The fourth-order valence-corrected chi connectivity index (χ4v) is 1.56. The van der Waals surface area contributed by atoms with Crippen molar-refractivity contribution in [2.75, 3.05) is 5.75 Å². The van der Waals surface area contributed by atoms with Crippen molar-refractivity contribution in [2.45, 2.75) is 25.7 Å². The lowest BCUT2D eigenvalue weighted by atomic mass is 10.1. The Labute approximate surface area is 78.4 Å². The van der Waals surface area contributed by atoms with Gasteiger partial charge in [-0.05, 0) is 24.5 Å². The molecule has 1 aliphatic carbocycles. The maximum Gasteiger partial charge on any atom is 0.394 e. The predicted molar refractivity (Wildman–Crippen MR) is 50.0 cm³/mol. The summed E-state index contributed by atoms with van der Waals surface area (Å²) in [7, 11) is -4.67. The average Bonchev–Trinajstić information content (AvgIpc) is 2.33. The molecule has 0 aliphatic heterocycles. The maximum atomic E-state index is 8.74. The smallest absolute Gasteiger partial charge is 0.264 e. The fraction of sp³-hybridized carbons (Fsp3) is 1.00. The van der Waals surface area contributed by atoms with E-state index in [4.69, 9.17) is 17.5 Å². The molecule has 1 aliphatic rings. The summed E-state index contributed by atoms with van der Waals surface area (Å²) in [5.41, 5.74) is 0. The normalized spacial score (nSPS) is 18.6. The molecule has 0 amide bonds. The summed E-state index contributed by atoms with van der Waals surface area (Å²) in [6, 6.07) is 0. The van der Waals surface area contributed by atoms with Crippen LogP contribution in [-0.2, 0) is 10.4 Å². The minimum absolute atomic E-state index is 0.961. The maximum absolute atomic E-state index is 8.74. The molecule has 6 heteroatoms. The molecule has 0 aromatic heterocycles. The molecule has 4 nitrogen and oxygen atoms in total. The van der Waals surface area contributed by atoms with Crippen molar-refractivity contribution in [1.82, 2.24) is 0 Å². The van der Waals surface area contributed by atoms with Crippen molar-refractivity contribution in [3.8, 4) is 0 Å². The van der Waals surface area contributed by atoms with E-state index in [1.807, 2.05) is 0 Å². The van der Waals surface area contributed by atoms with Gasteiger partial charge in [0.05, 0.1) is 0 Å². The summed E-state index contributed by atoms with van der Waals surface area (Å²) in [5, 5.41) is 0. The summed E-state index contributed by atoms with van der Waals surface area (Å²) in [5.74, 6) is 2.07. The summed E-state index contributed by atoms with van der Waals surface area (Å²) >= 11 is 4.22. The van der Waals surface area contributed by atoms with Crippen LogP contribution < -0.4 is 0 Å². The molecular formula is C6H14O4S2. The third-order valence-corrected chi connectivity index (χ3v) is 2.25. The van der Waals surface area contributed by atoms with Crippen molar-refractivity contribution in [3.05, 3.63) is 0 Å². The minimum Gasteiger partial charge on any atom is -0.264 e. The molecular weight excluding hydrogens is 200 g/mol. The van der Waals surface area contributed by atoms with Crippen LogP contribution in [-0.4, -0.2) is 23.3 Å². The van der Waals surface area contributed by atoms with Crippen LogP contribution in [0.3, 0.4) is 0 Å². The van der Waals surface area contributed by atoms with Crippen molar-refractivity contribution in [1.29, 1.82) is 0 Å². The minimum atomic E-state index is -4.67. The Balaban J connectivity index is 0.000000217. The summed E-state index contributed by atoms with van der Waals surface area (Å²) in [4.78, 5) is 0. The molecule has 1 saturated carbocycles. The van der Waals surface area contributed by atoms with Crippen molar-refractivity contribution < 1.29 is 17.5 Å². The van der Waals surface area contributed by atoms with Gasteiger partial charge in [-0.3, -0.25) is 9.11 Å². The molecule has 74 valence electrons. The van der Waals surface area contributed by atoms with E-state index < -0.39 is 10.4 Å². The van der Waals surface area contributed by atoms with Gasteiger partial charge >= 0.3 is 10.4 Å². The quantitative estimate of drug-likeness (QED) is 0.456. The molecule has 1 fully saturated rings. The van der Waals surface area contributed by atoms with E-state index in [9.17, 15) is 0 Å². The average molecular weight is 214 g/mol. The van der Waals surface area contributed by atoms with Gasteiger partial charge in [-0.2, -0.15) is 21.0 Å². The molecule has 0 atom stereocenters. The highest BCUT2D eigenvalue weighted by Gasteiger charge is 2.11. The van der Waals surface area contributed by atoms with Gasteiger partial charge in [0, 0.05) is 0 Å². The first-order valence-electron chi connectivity index (χ1n) is 3.74. The SMILES string of the molecule is O=S(=O)(O)O.SCC1CCCC1. The number of hydrogen-bond acceptors (Lipinski definition) is 3. The molecule has 1 rings (SSSR count). The molecule has 0 saturated heterocycles. The predicted octanol–water partition coefficient (Wildman–Crippen LogP) is 1.45. The van der Waals surface area contributed by atoms with Gasteiger partial charge < -0.3 is 0 Å². The molecule has 0 unspecified atom stereocenters. The first kappa shape index (κ1) is 12.2. The summed E-state index contributed by atoms with van der Waals surface area (Å²) in [6.45, 7) is 0. The third-order valence-electron chi connectivity index (χ3n) is 1.73. The molecule has 2 N–H and O–H groups in total. The van der Waals surface area contributed by atoms with Gasteiger partial charge in [0.15, 0.2) is 0 Å². The lowest BCUT2D eigenvalue weighted by Gasteiger charge is -1.99. The highest BCUT2D eigenvalue weighted by atomic mass is 32.3. The molecule has 0 radical (unpaired) electrons. The Hall–Kier alpha value is 0.220. The topological polar surface area (TPSA) is 74.6 Å². The van der Waals surface area contributed by atoms with E-state index in [-0.39, 0.29) is 0 Å². The highest BCUT2D eigenvalue weighted by Crippen LogP contribution is 2.24. The zero-order chi connectivity index (χ0) is 9.61. The van der Waals surface area contributed by atoms with Gasteiger partial charge in [0.1, 0.15) is 0 Å². The van der Waals surface area contributed by atoms with Gasteiger partial charge in [-0.15, -0.1) is 0 Å². The van der Waals surface area contributed by atoms with Crippen LogP contribution in [0.4, 0.5) is 0 Å². The second-order valence-electron chi connectivity index (χ2n) is 2.78. The van der Waals surface area contributed by atoms with Crippen LogP contribution in [0.5, 0.6) is 0 Å². The van der Waals surface area contributed by atoms with E-state index in [1.165, 1.54) is 25.7 Å². The monoisotopic (exact) mass is 214 g/mol. The lowest BCUT2D eigenvalue weighted by molar-refractivity contribution is 0.381. The van der Waals surface area contributed by atoms with Crippen LogP contribution in [0, 0.1) is 5.92 Å². The van der Waals surface area contributed by atoms with Crippen LogP contribution in [0.25, 0.3) is 0 Å². The van der Waals surface area contributed by atoms with Gasteiger partial charge in [-0.1, -0.05) is 12.8 Å². The van der Waals surface area contributed by atoms with E-state index in [0.29, 0.717) is 0 Å². The Kier molecular flexibility index (Phi) is 5.90. The largest absolute Gasteiger partial charge is 0.394 e. The van der Waals surface area contributed by atoms with E-state index >= 15 is 0 Å². The lowest BCUT2D eigenvalue weighted by Crippen LogP contribution is -1.91. The number of hydrogen-bond donors (Lipinski definition) is 3. The Bertz CT molecular complexity index is 186. The van der Waals surface area contributed by atoms with Crippen LogP contribution in [0.1, 0.15) is 25.7 Å². The van der Waals surface area contributed by atoms with E-state index in [0.717, 1.165) is 11.7 Å². The van der Waals surface area contributed by atoms with Crippen LogP contribution >= 0.6 is 12.6 Å². The molecule has 0 spiro atoms. The van der Waals surface area contributed by atoms with Gasteiger partial charge in [0.25, 0.3) is 0 Å². The van der Waals surface area contributed by atoms with E-state index in [1.54, 1.807) is 0 Å². The summed E-state index contributed by atoms with van der Waals surface area (Å²) < 4.78 is 31.6. The number of thiol groups is 1. The van der Waals surface area contributed by atoms with E-state index in [2.05, 4.69) is 12.6 Å². The van der Waals surface area contributed by atoms with Crippen molar-refractivity contribution >= 4 is 23.0 Å². The van der Waals surface area contributed by atoms with Gasteiger partial charge in [0.2, 0.25) is 0 Å². The first-order chi connectivity index (χ1) is 5.43.